The molecule has 0 spiro atoms. The quantitative estimate of drug-likeness (QED) is 0.794. The van der Waals surface area contributed by atoms with Gasteiger partial charge in [-0.15, -0.1) is 0 Å². The number of aryl methyl sites for hydroxylation is 1. The number of esters is 1. The first-order chi connectivity index (χ1) is 11.6. The summed E-state index contributed by atoms with van der Waals surface area (Å²) in [5.74, 6) is 0.0646. The molecular weight excluding hydrogens is 306 g/mol. The molecule has 0 atom stereocenters. The van der Waals surface area contributed by atoms with Crippen molar-refractivity contribution in [3.8, 4) is 5.75 Å². The van der Waals surface area contributed by atoms with E-state index in [0.717, 1.165) is 23.2 Å². The number of nitrogens with one attached hydrogen (secondary N) is 1. The van der Waals surface area contributed by atoms with Gasteiger partial charge in [-0.2, -0.15) is 0 Å². The molecule has 5 heteroatoms. The van der Waals surface area contributed by atoms with Crippen molar-refractivity contribution in [2.45, 2.75) is 19.8 Å². The summed E-state index contributed by atoms with van der Waals surface area (Å²) in [5.41, 5.74) is 2.72. The van der Waals surface area contributed by atoms with E-state index < -0.39 is 0 Å². The minimum Gasteiger partial charge on any atom is -0.484 e. The summed E-state index contributed by atoms with van der Waals surface area (Å²) in [6.45, 7) is 1.96. The molecule has 5 nitrogen and oxygen atoms in total. The van der Waals surface area contributed by atoms with Crippen LogP contribution in [0.25, 0.3) is 0 Å². The van der Waals surface area contributed by atoms with E-state index in [0.29, 0.717) is 5.75 Å². The predicted octanol–water partition coefficient (Wildman–Crippen LogP) is 2.98. The fraction of sp³-hybridized carbons (Fsp3) is 0.263. The third-order valence-corrected chi connectivity index (χ3v) is 3.54. The molecule has 1 N–H and O–H groups in total. The molecule has 0 aliphatic rings. The monoisotopic (exact) mass is 327 g/mol. The van der Waals surface area contributed by atoms with Crippen LogP contribution < -0.4 is 10.1 Å². The summed E-state index contributed by atoms with van der Waals surface area (Å²) in [6.07, 6.45) is 1.06. The molecule has 0 aromatic heterocycles. The summed E-state index contributed by atoms with van der Waals surface area (Å²) in [7, 11) is 1.36. The molecule has 2 aromatic rings. The lowest BCUT2D eigenvalue weighted by Gasteiger charge is -2.11. The van der Waals surface area contributed by atoms with E-state index in [4.69, 9.17) is 4.74 Å². The second kappa shape index (κ2) is 8.72. The molecule has 0 saturated carbocycles. The summed E-state index contributed by atoms with van der Waals surface area (Å²) in [5, 5.41) is 2.85. The Labute approximate surface area is 141 Å². The first-order valence-corrected chi connectivity index (χ1v) is 7.78. The van der Waals surface area contributed by atoms with Crippen LogP contribution in [0.15, 0.2) is 48.5 Å². The maximum absolute atomic E-state index is 12.0. The Balaban J connectivity index is 1.86. The lowest BCUT2D eigenvalue weighted by molar-refractivity contribution is -0.139. The van der Waals surface area contributed by atoms with Crippen molar-refractivity contribution in [2.75, 3.05) is 19.0 Å². The fourth-order valence-electron chi connectivity index (χ4n) is 2.23. The van der Waals surface area contributed by atoms with Crippen LogP contribution in [0.5, 0.6) is 5.75 Å². The fourth-order valence-corrected chi connectivity index (χ4v) is 2.23. The molecule has 0 radical (unpaired) electrons. The minimum atomic E-state index is -0.294. The molecule has 2 rings (SSSR count). The van der Waals surface area contributed by atoms with Gasteiger partial charge in [-0.3, -0.25) is 9.59 Å². The van der Waals surface area contributed by atoms with E-state index in [1.807, 2.05) is 31.2 Å². The van der Waals surface area contributed by atoms with Crippen molar-refractivity contribution in [3.63, 3.8) is 0 Å². The molecule has 0 saturated heterocycles. The van der Waals surface area contributed by atoms with Gasteiger partial charge in [-0.1, -0.05) is 37.3 Å². The maximum atomic E-state index is 12.0. The lowest BCUT2D eigenvalue weighted by Crippen LogP contribution is -2.20. The Morgan fingerprint density at radius 1 is 1.04 bits per heavy atom. The SMILES string of the molecule is CCc1ccccc1NC(=O)COc1ccc(CC(=O)OC)cc1. The van der Waals surface area contributed by atoms with E-state index >= 15 is 0 Å². The van der Waals surface area contributed by atoms with Crippen molar-refractivity contribution in [1.29, 1.82) is 0 Å². The smallest absolute Gasteiger partial charge is 0.309 e. The van der Waals surface area contributed by atoms with Gasteiger partial charge in [0.15, 0.2) is 6.61 Å². The Hall–Kier alpha value is -2.82. The van der Waals surface area contributed by atoms with Crippen molar-refractivity contribution < 1.29 is 19.1 Å². The molecule has 1 amide bonds. The number of methoxy groups -OCH3 is 1. The molecule has 24 heavy (non-hydrogen) atoms. The molecule has 0 unspecified atom stereocenters. The topological polar surface area (TPSA) is 64.6 Å². The van der Waals surface area contributed by atoms with E-state index in [1.54, 1.807) is 24.3 Å². The van der Waals surface area contributed by atoms with Crippen molar-refractivity contribution in [2.24, 2.45) is 0 Å². The van der Waals surface area contributed by atoms with Gasteiger partial charge in [0, 0.05) is 5.69 Å². The second-order valence-corrected chi connectivity index (χ2v) is 5.24. The third-order valence-electron chi connectivity index (χ3n) is 3.54. The van der Waals surface area contributed by atoms with Crippen LogP contribution in [-0.2, 0) is 27.2 Å². The molecule has 0 aliphatic heterocycles. The number of hydrogen-bond acceptors (Lipinski definition) is 4. The second-order valence-electron chi connectivity index (χ2n) is 5.24. The third kappa shape index (κ3) is 5.12. The molecule has 2 aromatic carbocycles. The van der Waals surface area contributed by atoms with Crippen LogP contribution in [-0.4, -0.2) is 25.6 Å². The summed E-state index contributed by atoms with van der Waals surface area (Å²) < 4.78 is 10.1. The average Bonchev–Trinajstić information content (AvgIpc) is 2.61. The Morgan fingerprint density at radius 2 is 1.75 bits per heavy atom. The van der Waals surface area contributed by atoms with Crippen molar-refractivity contribution in [3.05, 3.63) is 59.7 Å². The summed E-state index contributed by atoms with van der Waals surface area (Å²) >= 11 is 0. The molecule has 0 fully saturated rings. The first-order valence-electron chi connectivity index (χ1n) is 7.78. The number of carbonyl (C=O) groups excluding carboxylic acids is 2. The Bertz CT molecular complexity index is 695. The zero-order valence-electron chi connectivity index (χ0n) is 13.9. The number of para-hydroxylation sites is 1. The summed E-state index contributed by atoms with van der Waals surface area (Å²) in [4.78, 5) is 23.2. The highest BCUT2D eigenvalue weighted by Crippen LogP contribution is 2.16. The predicted molar refractivity (Wildman–Crippen MR) is 92.1 cm³/mol. The molecule has 126 valence electrons. The van der Waals surface area contributed by atoms with Crippen molar-refractivity contribution >= 4 is 17.6 Å². The number of hydrogen-bond donors (Lipinski definition) is 1. The van der Waals surface area contributed by atoms with Crippen LogP contribution in [0.2, 0.25) is 0 Å². The highest BCUT2D eigenvalue weighted by Gasteiger charge is 2.07. The van der Waals surface area contributed by atoms with Crippen LogP contribution >= 0.6 is 0 Å². The number of anilines is 1. The molecule has 0 aliphatic carbocycles. The zero-order chi connectivity index (χ0) is 17.4. The van der Waals surface area contributed by atoms with E-state index in [1.165, 1.54) is 7.11 Å². The maximum Gasteiger partial charge on any atom is 0.309 e. The standard InChI is InChI=1S/C19H21NO4/c1-3-15-6-4-5-7-17(15)20-18(21)13-24-16-10-8-14(9-11-16)12-19(22)23-2/h4-11H,3,12-13H2,1-2H3,(H,20,21). The van der Waals surface area contributed by atoms with Gasteiger partial charge < -0.3 is 14.8 Å². The van der Waals surface area contributed by atoms with Crippen LogP contribution in [0.3, 0.4) is 0 Å². The van der Waals surface area contributed by atoms with Gasteiger partial charge >= 0.3 is 5.97 Å². The first kappa shape index (κ1) is 17.5. The minimum absolute atomic E-state index is 0.0750. The van der Waals surface area contributed by atoms with E-state index in [9.17, 15) is 9.59 Å². The van der Waals surface area contributed by atoms with Crippen LogP contribution in [0.4, 0.5) is 5.69 Å². The molecule has 0 heterocycles. The molecular formula is C19H21NO4. The van der Waals surface area contributed by atoms with E-state index in [2.05, 4.69) is 10.1 Å². The van der Waals surface area contributed by atoms with Gasteiger partial charge in [0.25, 0.3) is 5.91 Å². The normalized spacial score (nSPS) is 10.1. The highest BCUT2D eigenvalue weighted by atomic mass is 16.5. The van der Waals surface area contributed by atoms with Crippen molar-refractivity contribution in [1.82, 2.24) is 0 Å². The summed E-state index contributed by atoms with van der Waals surface area (Å²) in [6, 6.07) is 14.7. The van der Waals surface area contributed by atoms with Gasteiger partial charge in [-0.25, -0.2) is 0 Å². The van der Waals surface area contributed by atoms with E-state index in [-0.39, 0.29) is 24.9 Å². The lowest BCUT2D eigenvalue weighted by atomic mass is 10.1. The van der Waals surface area contributed by atoms with Gasteiger partial charge in [0.1, 0.15) is 5.75 Å². The number of rotatable bonds is 7. The average molecular weight is 327 g/mol. The van der Waals surface area contributed by atoms with Crippen LogP contribution in [0, 0.1) is 0 Å². The van der Waals surface area contributed by atoms with Crippen LogP contribution in [0.1, 0.15) is 18.1 Å². The molecule has 0 bridgehead atoms. The van der Waals surface area contributed by atoms with Gasteiger partial charge in [-0.05, 0) is 35.7 Å². The highest BCUT2D eigenvalue weighted by molar-refractivity contribution is 5.92. The Kier molecular flexibility index (Phi) is 6.37. The van der Waals surface area contributed by atoms with Gasteiger partial charge in [0.05, 0.1) is 13.5 Å². The largest absolute Gasteiger partial charge is 0.484 e. The zero-order valence-corrected chi connectivity index (χ0v) is 13.9. The number of carbonyl (C=O) groups is 2. The number of amides is 1. The number of ether oxygens (including phenoxy) is 2. The Morgan fingerprint density at radius 3 is 2.42 bits per heavy atom. The van der Waals surface area contributed by atoms with Gasteiger partial charge in [0.2, 0.25) is 0 Å². The number of benzene rings is 2.